The van der Waals surface area contributed by atoms with Gasteiger partial charge in [-0.05, 0) is 13.3 Å². The van der Waals surface area contributed by atoms with Gasteiger partial charge in [0.1, 0.15) is 5.76 Å². The van der Waals surface area contributed by atoms with Gasteiger partial charge in [-0.25, -0.2) is 0 Å². The first-order valence-corrected chi connectivity index (χ1v) is 4.41. The van der Waals surface area contributed by atoms with Crippen molar-refractivity contribution in [2.75, 3.05) is 0 Å². The van der Waals surface area contributed by atoms with Crippen LogP contribution in [0.2, 0.25) is 0 Å². The van der Waals surface area contributed by atoms with E-state index in [9.17, 15) is 0 Å². The summed E-state index contributed by atoms with van der Waals surface area (Å²) in [7, 11) is 0. The number of rotatable bonds is 3. The van der Waals surface area contributed by atoms with Crippen molar-refractivity contribution in [1.82, 2.24) is 5.16 Å². The molecule has 1 rings (SSSR count). The molecule has 0 radical (unpaired) electrons. The summed E-state index contributed by atoms with van der Waals surface area (Å²) in [5.41, 5.74) is 2.14. The van der Waals surface area contributed by atoms with E-state index in [1.165, 1.54) is 0 Å². The lowest BCUT2D eigenvalue weighted by Gasteiger charge is -1.90. The molecular formula is C10H15NO. The van der Waals surface area contributed by atoms with Gasteiger partial charge in [0, 0.05) is 12.0 Å². The summed E-state index contributed by atoms with van der Waals surface area (Å²) in [5.74, 6) is 0.984. The number of hydrogen-bond acceptors (Lipinski definition) is 2. The summed E-state index contributed by atoms with van der Waals surface area (Å²) in [4.78, 5) is 0. The van der Waals surface area contributed by atoms with Gasteiger partial charge in [0.2, 0.25) is 0 Å². The minimum absolute atomic E-state index is 0.907. The highest BCUT2D eigenvalue weighted by molar-refractivity contribution is 5.53. The van der Waals surface area contributed by atoms with Crippen molar-refractivity contribution < 1.29 is 4.52 Å². The van der Waals surface area contributed by atoms with E-state index in [-0.39, 0.29) is 0 Å². The van der Waals surface area contributed by atoms with Crippen LogP contribution in [0.4, 0.5) is 0 Å². The Morgan fingerprint density at radius 2 is 2.17 bits per heavy atom. The van der Waals surface area contributed by atoms with Gasteiger partial charge in [0.15, 0.2) is 0 Å². The van der Waals surface area contributed by atoms with Gasteiger partial charge < -0.3 is 4.52 Å². The molecular weight excluding hydrogens is 150 g/mol. The molecule has 2 heteroatoms. The van der Waals surface area contributed by atoms with Gasteiger partial charge in [0.05, 0.1) is 5.69 Å². The van der Waals surface area contributed by atoms with Crippen molar-refractivity contribution in [2.24, 2.45) is 0 Å². The maximum atomic E-state index is 5.14. The quantitative estimate of drug-likeness (QED) is 0.688. The molecule has 0 atom stereocenters. The molecule has 12 heavy (non-hydrogen) atoms. The predicted octanol–water partition coefficient (Wildman–Crippen LogP) is 2.97. The van der Waals surface area contributed by atoms with Gasteiger partial charge >= 0.3 is 0 Å². The molecule has 0 spiro atoms. The smallest absolute Gasteiger partial charge is 0.143 e. The number of allylic oxidation sites excluding steroid dienone is 1. The molecule has 0 bridgehead atoms. The summed E-state index contributed by atoms with van der Waals surface area (Å²) in [6, 6.07) is 0. The fraction of sp³-hybridized carbons (Fsp3) is 0.500. The van der Waals surface area contributed by atoms with Crippen LogP contribution >= 0.6 is 0 Å². The molecule has 66 valence electrons. The van der Waals surface area contributed by atoms with E-state index in [0.717, 1.165) is 29.9 Å². The molecule has 0 aromatic carbocycles. The van der Waals surface area contributed by atoms with Gasteiger partial charge in [-0.15, -0.1) is 0 Å². The second-order valence-corrected chi connectivity index (χ2v) is 2.77. The van der Waals surface area contributed by atoms with Crippen LogP contribution in [0.1, 0.15) is 37.3 Å². The van der Waals surface area contributed by atoms with Crippen LogP contribution < -0.4 is 0 Å². The summed E-state index contributed by atoms with van der Waals surface area (Å²) < 4.78 is 5.14. The standard InChI is InChI=1S/C10H15NO/c1-4-6-7-9-8(3)11-12-10(9)5-2/h6-7H,4-5H2,1-3H3/b7-6-. The minimum atomic E-state index is 0.907. The number of hydrogen-bond donors (Lipinski definition) is 0. The van der Waals surface area contributed by atoms with Crippen LogP contribution in [0, 0.1) is 6.92 Å². The van der Waals surface area contributed by atoms with Crippen molar-refractivity contribution in [3.05, 3.63) is 23.1 Å². The summed E-state index contributed by atoms with van der Waals surface area (Å²) in [6.07, 6.45) is 6.17. The molecule has 1 aromatic heterocycles. The minimum Gasteiger partial charge on any atom is -0.361 e. The SMILES string of the molecule is CC/C=C\c1c(C)noc1CC. The van der Waals surface area contributed by atoms with Crippen molar-refractivity contribution in [3.8, 4) is 0 Å². The Balaban J connectivity index is 2.94. The molecule has 0 N–H and O–H groups in total. The van der Waals surface area contributed by atoms with Crippen LogP contribution in [0.5, 0.6) is 0 Å². The lowest BCUT2D eigenvalue weighted by molar-refractivity contribution is 0.383. The lowest BCUT2D eigenvalue weighted by atomic mass is 10.1. The van der Waals surface area contributed by atoms with Crippen molar-refractivity contribution in [2.45, 2.75) is 33.6 Å². The first-order valence-electron chi connectivity index (χ1n) is 4.41. The fourth-order valence-electron chi connectivity index (χ4n) is 1.13. The molecule has 0 aliphatic heterocycles. The summed E-state index contributed by atoms with van der Waals surface area (Å²) in [6.45, 7) is 6.16. The molecule has 0 saturated heterocycles. The molecule has 0 fully saturated rings. The Morgan fingerprint density at radius 3 is 2.75 bits per heavy atom. The first-order chi connectivity index (χ1) is 5.79. The molecule has 0 aliphatic carbocycles. The summed E-state index contributed by atoms with van der Waals surface area (Å²) >= 11 is 0. The van der Waals surface area contributed by atoms with Crippen molar-refractivity contribution in [3.63, 3.8) is 0 Å². The highest BCUT2D eigenvalue weighted by atomic mass is 16.5. The van der Waals surface area contributed by atoms with E-state index in [2.05, 4.69) is 31.2 Å². The van der Waals surface area contributed by atoms with Crippen LogP contribution in [-0.4, -0.2) is 5.16 Å². The summed E-state index contributed by atoms with van der Waals surface area (Å²) in [5, 5.41) is 3.91. The largest absolute Gasteiger partial charge is 0.361 e. The highest BCUT2D eigenvalue weighted by Gasteiger charge is 2.06. The molecule has 0 saturated carbocycles. The van der Waals surface area contributed by atoms with Crippen LogP contribution in [0.3, 0.4) is 0 Å². The maximum absolute atomic E-state index is 5.14. The van der Waals surface area contributed by atoms with Gasteiger partial charge in [-0.3, -0.25) is 0 Å². The fourth-order valence-corrected chi connectivity index (χ4v) is 1.13. The molecule has 0 amide bonds. The molecule has 1 heterocycles. The zero-order chi connectivity index (χ0) is 8.97. The second-order valence-electron chi connectivity index (χ2n) is 2.77. The van der Waals surface area contributed by atoms with E-state index >= 15 is 0 Å². The Morgan fingerprint density at radius 1 is 1.42 bits per heavy atom. The molecule has 1 aromatic rings. The lowest BCUT2D eigenvalue weighted by Crippen LogP contribution is -1.80. The van der Waals surface area contributed by atoms with E-state index in [1.54, 1.807) is 0 Å². The van der Waals surface area contributed by atoms with Crippen LogP contribution in [0.15, 0.2) is 10.6 Å². The van der Waals surface area contributed by atoms with Crippen LogP contribution in [-0.2, 0) is 6.42 Å². The molecule has 0 aliphatic rings. The van der Waals surface area contributed by atoms with Crippen molar-refractivity contribution >= 4 is 6.08 Å². The van der Waals surface area contributed by atoms with E-state index in [1.807, 2.05) is 6.92 Å². The Hall–Kier alpha value is -1.05. The first kappa shape index (κ1) is 9.04. The normalized spacial score (nSPS) is 11.2. The van der Waals surface area contributed by atoms with Gasteiger partial charge in [-0.2, -0.15) is 0 Å². The second kappa shape index (κ2) is 4.10. The number of aromatic nitrogens is 1. The zero-order valence-electron chi connectivity index (χ0n) is 7.92. The van der Waals surface area contributed by atoms with Gasteiger partial charge in [-0.1, -0.05) is 31.2 Å². The topological polar surface area (TPSA) is 26.0 Å². The van der Waals surface area contributed by atoms with Gasteiger partial charge in [0.25, 0.3) is 0 Å². The van der Waals surface area contributed by atoms with Crippen LogP contribution in [0.25, 0.3) is 6.08 Å². The predicted molar refractivity (Wildman–Crippen MR) is 49.9 cm³/mol. The number of aryl methyl sites for hydroxylation is 2. The third-order valence-corrected chi connectivity index (χ3v) is 1.82. The van der Waals surface area contributed by atoms with E-state index in [4.69, 9.17) is 4.52 Å². The average molecular weight is 165 g/mol. The molecule has 0 unspecified atom stereocenters. The third kappa shape index (κ3) is 1.76. The van der Waals surface area contributed by atoms with E-state index < -0.39 is 0 Å². The molecule has 2 nitrogen and oxygen atoms in total. The van der Waals surface area contributed by atoms with E-state index in [0.29, 0.717) is 0 Å². The monoisotopic (exact) mass is 165 g/mol. The zero-order valence-corrected chi connectivity index (χ0v) is 7.92. The third-order valence-electron chi connectivity index (χ3n) is 1.82. The van der Waals surface area contributed by atoms with Crippen molar-refractivity contribution in [1.29, 1.82) is 0 Å². The Kier molecular flexibility index (Phi) is 3.09. The maximum Gasteiger partial charge on any atom is 0.143 e. The average Bonchev–Trinajstić information content (AvgIpc) is 2.43. The highest BCUT2D eigenvalue weighted by Crippen LogP contribution is 2.15. The Labute approximate surface area is 73.3 Å². The number of nitrogens with zero attached hydrogens (tertiary/aromatic N) is 1. The Bertz CT molecular complexity index is 273.